The quantitative estimate of drug-likeness (QED) is 0.635. The van der Waals surface area contributed by atoms with E-state index < -0.39 is 21.8 Å². The molecule has 7 nitrogen and oxygen atoms in total. The van der Waals surface area contributed by atoms with Crippen molar-refractivity contribution in [3.8, 4) is 0 Å². The molecule has 0 spiro atoms. The maximum Gasteiger partial charge on any atom is 0.309 e. The Morgan fingerprint density at radius 3 is 2.53 bits per heavy atom. The number of hydrogen-bond acceptors (Lipinski definition) is 5. The molecule has 2 aromatic rings. The largest absolute Gasteiger partial charge is 0.348 e. The number of piperidine rings is 1. The molecule has 0 radical (unpaired) electrons. The van der Waals surface area contributed by atoms with Crippen LogP contribution in [0, 0.1) is 6.92 Å². The molecule has 2 amide bonds. The molecule has 30 heavy (non-hydrogen) atoms. The van der Waals surface area contributed by atoms with Gasteiger partial charge in [-0.1, -0.05) is 30.2 Å². The minimum Gasteiger partial charge on any atom is -0.348 e. The van der Waals surface area contributed by atoms with Gasteiger partial charge in [0.05, 0.1) is 11.4 Å². The lowest BCUT2D eigenvalue weighted by atomic mass is 10.0. The van der Waals surface area contributed by atoms with Crippen molar-refractivity contribution in [3.63, 3.8) is 0 Å². The number of carbonyl (C=O) groups is 2. The minimum absolute atomic E-state index is 0.195. The molecule has 0 aliphatic carbocycles. The summed E-state index contributed by atoms with van der Waals surface area (Å²) in [6, 6.07) is 10.4. The van der Waals surface area contributed by atoms with E-state index in [9.17, 15) is 18.0 Å². The number of nitrogens with one attached hydrogen (secondary N) is 2. The highest BCUT2D eigenvalue weighted by Crippen LogP contribution is 2.27. The topological polar surface area (TPSA) is 95.6 Å². The lowest BCUT2D eigenvalue weighted by Crippen LogP contribution is -2.46. The third kappa shape index (κ3) is 5.68. The van der Waals surface area contributed by atoms with Crippen LogP contribution in [0.25, 0.3) is 0 Å². The summed E-state index contributed by atoms with van der Waals surface area (Å²) in [5.74, 6) is -1.38. The summed E-state index contributed by atoms with van der Waals surface area (Å²) in [7, 11) is -3.59. The SMILES string of the molecule is Cc1ccc(S(=O)(=O)N2CCCCC2CCNC(=O)C(=O)NCc2cccs2)cc1. The van der Waals surface area contributed by atoms with Gasteiger partial charge in [0.2, 0.25) is 10.0 Å². The predicted octanol–water partition coefficient (Wildman–Crippen LogP) is 2.42. The van der Waals surface area contributed by atoms with Crippen molar-refractivity contribution in [1.29, 1.82) is 0 Å². The van der Waals surface area contributed by atoms with E-state index in [4.69, 9.17) is 0 Å². The van der Waals surface area contributed by atoms with Crippen LogP contribution in [0.4, 0.5) is 0 Å². The van der Waals surface area contributed by atoms with Crippen molar-refractivity contribution in [2.45, 2.75) is 50.1 Å². The Morgan fingerprint density at radius 2 is 1.83 bits per heavy atom. The molecule has 1 atom stereocenters. The normalized spacial score (nSPS) is 17.4. The van der Waals surface area contributed by atoms with Gasteiger partial charge in [-0.15, -0.1) is 11.3 Å². The average molecular weight is 450 g/mol. The Balaban J connectivity index is 1.53. The van der Waals surface area contributed by atoms with Gasteiger partial charge in [-0.3, -0.25) is 9.59 Å². The number of hydrogen-bond donors (Lipinski definition) is 2. The Morgan fingerprint density at radius 1 is 1.10 bits per heavy atom. The zero-order valence-electron chi connectivity index (χ0n) is 17.0. The van der Waals surface area contributed by atoms with Crippen molar-refractivity contribution in [1.82, 2.24) is 14.9 Å². The first kappa shape index (κ1) is 22.5. The van der Waals surface area contributed by atoms with Gasteiger partial charge in [-0.05, 0) is 49.8 Å². The third-order valence-electron chi connectivity index (χ3n) is 5.17. The zero-order chi connectivity index (χ0) is 21.6. The standard InChI is InChI=1S/C21H27N3O4S2/c1-16-7-9-19(10-8-16)30(27,28)24-13-3-2-5-17(24)11-12-22-20(25)21(26)23-15-18-6-4-14-29-18/h4,6-10,14,17H,2-3,5,11-13,15H2,1H3,(H,22,25)(H,23,26). The second kappa shape index (κ2) is 10.2. The summed E-state index contributed by atoms with van der Waals surface area (Å²) >= 11 is 1.51. The summed E-state index contributed by atoms with van der Waals surface area (Å²) in [6.45, 7) is 2.94. The Kier molecular flexibility index (Phi) is 7.63. The van der Waals surface area contributed by atoms with Crippen LogP contribution in [-0.2, 0) is 26.2 Å². The number of amides is 2. The van der Waals surface area contributed by atoms with E-state index in [0.29, 0.717) is 19.5 Å². The number of carbonyl (C=O) groups excluding carboxylic acids is 2. The van der Waals surface area contributed by atoms with E-state index in [0.717, 1.165) is 29.7 Å². The monoisotopic (exact) mass is 449 g/mol. The number of benzene rings is 1. The van der Waals surface area contributed by atoms with E-state index >= 15 is 0 Å². The van der Waals surface area contributed by atoms with Gasteiger partial charge in [-0.25, -0.2) is 8.42 Å². The Hall–Kier alpha value is -2.23. The fourth-order valence-electron chi connectivity index (χ4n) is 3.52. The average Bonchev–Trinajstić information content (AvgIpc) is 3.26. The van der Waals surface area contributed by atoms with E-state index in [1.807, 2.05) is 24.4 Å². The molecule has 0 saturated carbocycles. The Bertz CT molecular complexity index is 957. The van der Waals surface area contributed by atoms with Gasteiger partial charge in [0.15, 0.2) is 0 Å². The summed E-state index contributed by atoms with van der Waals surface area (Å²) in [5.41, 5.74) is 1.00. The van der Waals surface area contributed by atoms with Crippen LogP contribution in [0.2, 0.25) is 0 Å². The highest BCUT2D eigenvalue weighted by Gasteiger charge is 2.33. The molecule has 1 aromatic carbocycles. The molecule has 0 bridgehead atoms. The molecular weight excluding hydrogens is 422 g/mol. The van der Waals surface area contributed by atoms with E-state index in [1.54, 1.807) is 28.6 Å². The molecule has 2 heterocycles. The fraction of sp³-hybridized carbons (Fsp3) is 0.429. The third-order valence-corrected chi connectivity index (χ3v) is 8.02. The smallest absolute Gasteiger partial charge is 0.309 e. The lowest BCUT2D eigenvalue weighted by Gasteiger charge is -2.34. The molecule has 9 heteroatoms. The molecular formula is C21H27N3O4S2. The van der Waals surface area contributed by atoms with Crippen LogP contribution in [-0.4, -0.2) is 43.7 Å². The second-order valence-corrected chi connectivity index (χ2v) is 10.3. The van der Waals surface area contributed by atoms with Crippen LogP contribution >= 0.6 is 11.3 Å². The van der Waals surface area contributed by atoms with Crippen molar-refractivity contribution >= 4 is 33.2 Å². The van der Waals surface area contributed by atoms with E-state index in [1.165, 1.54) is 11.3 Å². The molecule has 2 N–H and O–H groups in total. The summed E-state index contributed by atoms with van der Waals surface area (Å²) < 4.78 is 27.7. The predicted molar refractivity (Wildman–Crippen MR) is 117 cm³/mol. The van der Waals surface area contributed by atoms with Crippen LogP contribution in [0.3, 0.4) is 0 Å². The highest BCUT2D eigenvalue weighted by atomic mass is 32.2. The second-order valence-electron chi connectivity index (χ2n) is 7.39. The van der Waals surface area contributed by atoms with Crippen LogP contribution in [0.1, 0.15) is 36.1 Å². The molecule has 1 aliphatic heterocycles. The van der Waals surface area contributed by atoms with Crippen molar-refractivity contribution in [3.05, 3.63) is 52.2 Å². The van der Waals surface area contributed by atoms with Crippen molar-refractivity contribution < 1.29 is 18.0 Å². The van der Waals surface area contributed by atoms with Gasteiger partial charge in [0.25, 0.3) is 0 Å². The molecule has 1 saturated heterocycles. The van der Waals surface area contributed by atoms with Crippen LogP contribution in [0.15, 0.2) is 46.7 Å². The van der Waals surface area contributed by atoms with Crippen molar-refractivity contribution in [2.75, 3.05) is 13.1 Å². The summed E-state index contributed by atoms with van der Waals surface area (Å²) in [5, 5.41) is 7.10. The maximum absolute atomic E-state index is 13.1. The molecule has 1 aromatic heterocycles. The first-order chi connectivity index (χ1) is 14.4. The number of nitrogens with zero attached hydrogens (tertiary/aromatic N) is 1. The first-order valence-electron chi connectivity index (χ1n) is 10.0. The van der Waals surface area contributed by atoms with Crippen LogP contribution < -0.4 is 10.6 Å². The van der Waals surface area contributed by atoms with Gasteiger partial charge in [0.1, 0.15) is 0 Å². The molecule has 162 valence electrons. The van der Waals surface area contributed by atoms with Gasteiger partial charge >= 0.3 is 11.8 Å². The van der Waals surface area contributed by atoms with E-state index in [2.05, 4.69) is 10.6 Å². The summed E-state index contributed by atoms with van der Waals surface area (Å²) in [6.07, 6.45) is 2.97. The highest BCUT2D eigenvalue weighted by molar-refractivity contribution is 7.89. The van der Waals surface area contributed by atoms with Gasteiger partial charge in [0, 0.05) is 24.0 Å². The number of thiophene rings is 1. The fourth-order valence-corrected chi connectivity index (χ4v) is 5.89. The number of aryl methyl sites for hydroxylation is 1. The Labute approximate surface area is 181 Å². The molecule has 3 rings (SSSR count). The first-order valence-corrected chi connectivity index (χ1v) is 12.4. The summed E-state index contributed by atoms with van der Waals surface area (Å²) in [4.78, 5) is 25.2. The molecule has 1 aliphatic rings. The van der Waals surface area contributed by atoms with E-state index in [-0.39, 0.29) is 17.5 Å². The van der Waals surface area contributed by atoms with Gasteiger partial charge in [-0.2, -0.15) is 4.31 Å². The lowest BCUT2D eigenvalue weighted by molar-refractivity contribution is -0.139. The zero-order valence-corrected chi connectivity index (χ0v) is 18.6. The van der Waals surface area contributed by atoms with Crippen molar-refractivity contribution in [2.24, 2.45) is 0 Å². The van der Waals surface area contributed by atoms with Gasteiger partial charge < -0.3 is 10.6 Å². The molecule has 1 fully saturated rings. The number of sulfonamides is 1. The molecule has 1 unspecified atom stereocenters. The maximum atomic E-state index is 13.1. The minimum atomic E-state index is -3.59. The van der Waals surface area contributed by atoms with Crippen LogP contribution in [0.5, 0.6) is 0 Å². The number of rotatable bonds is 7.